The summed E-state index contributed by atoms with van der Waals surface area (Å²) < 4.78 is 31.3. The number of esters is 1. The van der Waals surface area contributed by atoms with E-state index >= 15 is 0 Å². The Kier molecular flexibility index (Phi) is 11.6. The molecule has 0 rings (SSSR count). The van der Waals surface area contributed by atoms with Crippen LogP contribution < -0.4 is 10.0 Å². The molecule has 0 radical (unpaired) electrons. The van der Waals surface area contributed by atoms with Gasteiger partial charge in [-0.2, -0.15) is 12.7 Å². The van der Waals surface area contributed by atoms with Crippen LogP contribution in [0.3, 0.4) is 0 Å². The van der Waals surface area contributed by atoms with Crippen molar-refractivity contribution in [1.82, 2.24) is 14.3 Å². The summed E-state index contributed by atoms with van der Waals surface area (Å²) in [5, 5.41) is 2.92. The maximum atomic E-state index is 11.6. The zero-order valence-electron chi connectivity index (χ0n) is 10.9. The average Bonchev–Trinajstić information content (AvgIpc) is 2.31. The molecule has 0 aromatic heterocycles. The van der Waals surface area contributed by atoms with Crippen LogP contribution in [-0.4, -0.2) is 59.5 Å². The number of carbonyl (C=O) groups excluding carboxylic acids is 1. The highest BCUT2D eigenvalue weighted by Gasteiger charge is 2.17. The van der Waals surface area contributed by atoms with Crippen molar-refractivity contribution in [3.05, 3.63) is 0 Å². The molecule has 0 aliphatic carbocycles. The van der Waals surface area contributed by atoms with E-state index in [4.69, 9.17) is 0 Å². The largest absolute Gasteiger partial charge is 0.469 e. The molecule has 0 saturated heterocycles. The van der Waals surface area contributed by atoms with Crippen molar-refractivity contribution < 1.29 is 17.9 Å². The van der Waals surface area contributed by atoms with Crippen LogP contribution in [0, 0.1) is 0 Å². The molecule has 0 aromatic rings. The molecule has 0 atom stereocenters. The zero-order valence-corrected chi connectivity index (χ0v) is 12.6. The number of carbonyl (C=O) groups is 1. The molecular formula is C9H22ClN3O4S. The molecule has 0 heterocycles. The van der Waals surface area contributed by atoms with Crippen molar-refractivity contribution in [2.45, 2.75) is 12.8 Å². The number of nitrogens with zero attached hydrogens (tertiary/aromatic N) is 1. The summed E-state index contributed by atoms with van der Waals surface area (Å²) in [6.45, 7) is 1.22. The molecule has 0 spiro atoms. The van der Waals surface area contributed by atoms with Crippen molar-refractivity contribution >= 4 is 28.6 Å². The second-order valence-electron chi connectivity index (χ2n) is 3.50. The van der Waals surface area contributed by atoms with Crippen LogP contribution in [0.5, 0.6) is 0 Å². The van der Waals surface area contributed by atoms with E-state index in [9.17, 15) is 13.2 Å². The van der Waals surface area contributed by atoms with E-state index in [-0.39, 0.29) is 25.4 Å². The molecule has 0 bridgehead atoms. The lowest BCUT2D eigenvalue weighted by atomic mass is 10.4. The fourth-order valence-electron chi connectivity index (χ4n) is 1.05. The Labute approximate surface area is 115 Å². The van der Waals surface area contributed by atoms with Gasteiger partial charge in [0.05, 0.1) is 13.5 Å². The quantitative estimate of drug-likeness (QED) is 0.436. The van der Waals surface area contributed by atoms with Crippen LogP contribution in [0.15, 0.2) is 0 Å². The van der Waals surface area contributed by atoms with E-state index in [0.717, 1.165) is 10.8 Å². The molecule has 7 nitrogen and oxygen atoms in total. The lowest BCUT2D eigenvalue weighted by Crippen LogP contribution is -2.40. The van der Waals surface area contributed by atoms with E-state index in [1.165, 1.54) is 14.2 Å². The number of nitrogens with one attached hydrogen (secondary N) is 2. The zero-order chi connectivity index (χ0) is 13.3. The van der Waals surface area contributed by atoms with Gasteiger partial charge in [-0.15, -0.1) is 12.4 Å². The van der Waals surface area contributed by atoms with Gasteiger partial charge < -0.3 is 10.1 Å². The van der Waals surface area contributed by atoms with Gasteiger partial charge in [0, 0.05) is 20.1 Å². The van der Waals surface area contributed by atoms with E-state index in [1.807, 2.05) is 0 Å². The van der Waals surface area contributed by atoms with Gasteiger partial charge in [0.1, 0.15) is 0 Å². The summed E-state index contributed by atoms with van der Waals surface area (Å²) in [6.07, 6.45) is 0.755. The predicted molar refractivity (Wildman–Crippen MR) is 72.0 cm³/mol. The van der Waals surface area contributed by atoms with Crippen molar-refractivity contribution in [2.24, 2.45) is 0 Å². The van der Waals surface area contributed by atoms with E-state index in [0.29, 0.717) is 13.0 Å². The van der Waals surface area contributed by atoms with Gasteiger partial charge in [0.25, 0.3) is 10.2 Å². The third kappa shape index (κ3) is 8.65. The predicted octanol–water partition coefficient (Wildman–Crippen LogP) is -0.653. The summed E-state index contributed by atoms with van der Waals surface area (Å²) in [5.74, 6) is -0.428. The lowest BCUT2D eigenvalue weighted by molar-refractivity contribution is -0.140. The Balaban J connectivity index is 0. The average molecular weight is 304 g/mol. The van der Waals surface area contributed by atoms with Crippen LogP contribution in [0.1, 0.15) is 12.8 Å². The molecule has 0 fully saturated rings. The first-order chi connectivity index (χ1) is 7.94. The number of hydrogen-bond donors (Lipinski definition) is 2. The van der Waals surface area contributed by atoms with E-state index in [2.05, 4.69) is 14.8 Å². The number of rotatable bonds is 9. The summed E-state index contributed by atoms with van der Waals surface area (Å²) in [5.41, 5.74) is 0. The summed E-state index contributed by atoms with van der Waals surface area (Å²) in [7, 11) is 0.996. The number of halogens is 1. The molecule has 0 unspecified atom stereocenters. The van der Waals surface area contributed by atoms with Gasteiger partial charge >= 0.3 is 5.97 Å². The van der Waals surface area contributed by atoms with Crippen molar-refractivity contribution in [3.8, 4) is 0 Å². The highest BCUT2D eigenvalue weighted by atomic mass is 35.5. The third-order valence-electron chi connectivity index (χ3n) is 2.16. The fraction of sp³-hybridized carbons (Fsp3) is 0.889. The van der Waals surface area contributed by atoms with E-state index < -0.39 is 16.2 Å². The molecule has 18 heavy (non-hydrogen) atoms. The molecular weight excluding hydrogens is 282 g/mol. The number of ether oxygens (including phenoxy) is 1. The van der Waals surface area contributed by atoms with Gasteiger partial charge in [0.2, 0.25) is 0 Å². The topological polar surface area (TPSA) is 87.7 Å². The monoisotopic (exact) mass is 303 g/mol. The molecule has 0 amide bonds. The Morgan fingerprint density at radius 1 is 1.33 bits per heavy atom. The van der Waals surface area contributed by atoms with Crippen LogP contribution in [0.2, 0.25) is 0 Å². The Morgan fingerprint density at radius 2 is 1.94 bits per heavy atom. The molecule has 0 aromatic carbocycles. The second-order valence-corrected chi connectivity index (χ2v) is 5.37. The second kappa shape index (κ2) is 10.5. The van der Waals surface area contributed by atoms with Gasteiger partial charge in [0.15, 0.2) is 0 Å². The van der Waals surface area contributed by atoms with Crippen molar-refractivity contribution in [1.29, 1.82) is 0 Å². The maximum Gasteiger partial charge on any atom is 0.306 e. The van der Waals surface area contributed by atoms with Gasteiger partial charge in [-0.25, -0.2) is 4.72 Å². The first-order valence-electron chi connectivity index (χ1n) is 5.36. The fourth-order valence-corrected chi connectivity index (χ4v) is 2.00. The Bertz CT molecular complexity index is 324. The summed E-state index contributed by atoms with van der Waals surface area (Å²) in [6, 6.07) is 0. The summed E-state index contributed by atoms with van der Waals surface area (Å²) in [4.78, 5) is 10.9. The first-order valence-corrected chi connectivity index (χ1v) is 6.80. The first kappa shape index (κ1) is 19.9. The van der Waals surface area contributed by atoms with Crippen molar-refractivity contribution in [3.63, 3.8) is 0 Å². The Hall–Kier alpha value is -0.410. The Morgan fingerprint density at radius 3 is 2.44 bits per heavy atom. The summed E-state index contributed by atoms with van der Waals surface area (Å²) >= 11 is 0. The highest BCUT2D eigenvalue weighted by molar-refractivity contribution is 7.87. The molecule has 9 heteroatoms. The maximum absolute atomic E-state index is 11.6. The lowest BCUT2D eigenvalue weighted by Gasteiger charge is -2.16. The van der Waals surface area contributed by atoms with E-state index in [1.54, 1.807) is 7.05 Å². The minimum atomic E-state index is -3.50. The molecule has 0 saturated carbocycles. The van der Waals surface area contributed by atoms with Crippen LogP contribution in [0.25, 0.3) is 0 Å². The van der Waals surface area contributed by atoms with Gasteiger partial charge in [-0.05, 0) is 20.0 Å². The van der Waals surface area contributed by atoms with Crippen LogP contribution in [-0.2, 0) is 19.7 Å². The minimum absolute atomic E-state index is 0. The minimum Gasteiger partial charge on any atom is -0.469 e. The van der Waals surface area contributed by atoms with Gasteiger partial charge in [-0.3, -0.25) is 4.79 Å². The van der Waals surface area contributed by atoms with Gasteiger partial charge in [-0.1, -0.05) is 0 Å². The molecule has 0 aliphatic rings. The third-order valence-corrected chi connectivity index (χ3v) is 3.73. The number of hydrogen-bond acceptors (Lipinski definition) is 5. The van der Waals surface area contributed by atoms with Crippen LogP contribution >= 0.6 is 12.4 Å². The van der Waals surface area contributed by atoms with Crippen LogP contribution in [0.4, 0.5) is 0 Å². The normalized spacial score (nSPS) is 11.1. The highest BCUT2D eigenvalue weighted by Crippen LogP contribution is 1.96. The standard InChI is InChI=1S/C9H21N3O4S.ClH/c1-10-6-4-7-11-17(14,15)12(2)8-5-9(13)16-3;/h10-11H,4-8H2,1-3H3;1H. The van der Waals surface area contributed by atoms with Crippen molar-refractivity contribution in [2.75, 3.05) is 40.8 Å². The molecule has 110 valence electrons. The SMILES string of the molecule is CNCCCNS(=O)(=O)N(C)CCC(=O)OC.Cl. The number of methoxy groups -OCH3 is 1. The smallest absolute Gasteiger partial charge is 0.306 e. The molecule has 2 N–H and O–H groups in total. The molecule has 0 aliphatic heterocycles.